The van der Waals surface area contributed by atoms with Crippen LogP contribution < -0.4 is 0 Å². The van der Waals surface area contributed by atoms with Crippen molar-refractivity contribution in [3.05, 3.63) is 41.7 Å². The van der Waals surface area contributed by atoms with Crippen LogP contribution in [0.5, 0.6) is 0 Å². The van der Waals surface area contributed by atoms with Gasteiger partial charge in [-0.1, -0.05) is 37.3 Å². The first-order valence-electron chi connectivity index (χ1n) is 6.93. The normalized spacial score (nSPS) is 11.7. The first kappa shape index (κ1) is 16.0. The average molecular weight is 328 g/mol. The highest BCUT2D eigenvalue weighted by molar-refractivity contribution is 8.13. The summed E-state index contributed by atoms with van der Waals surface area (Å²) in [7, 11) is 1.54. The molecule has 0 aliphatic rings. The average Bonchev–Trinajstić information content (AvgIpc) is 2.84. The summed E-state index contributed by atoms with van der Waals surface area (Å²) in [5.74, 6) is 0.673. The SMILES string of the molecule is CCCn1c(CCCc2ccccc2)nnc1S(=O)(=O)Cl. The quantitative estimate of drug-likeness (QED) is 0.733. The lowest BCUT2D eigenvalue weighted by Gasteiger charge is -2.07. The molecule has 114 valence electrons. The van der Waals surface area contributed by atoms with Crippen LogP contribution in [0.2, 0.25) is 0 Å². The topological polar surface area (TPSA) is 64.8 Å². The summed E-state index contributed by atoms with van der Waals surface area (Å²) in [5.41, 5.74) is 1.25. The van der Waals surface area contributed by atoms with Crippen molar-refractivity contribution in [1.29, 1.82) is 0 Å². The lowest BCUT2D eigenvalue weighted by Crippen LogP contribution is -2.10. The Labute approximate surface area is 129 Å². The predicted octanol–water partition coefficient (Wildman–Crippen LogP) is 2.79. The van der Waals surface area contributed by atoms with E-state index in [1.165, 1.54) is 5.56 Å². The fourth-order valence-electron chi connectivity index (χ4n) is 2.23. The summed E-state index contributed by atoms with van der Waals surface area (Å²) in [6.07, 6.45) is 3.27. The van der Waals surface area contributed by atoms with Gasteiger partial charge in [-0.3, -0.25) is 0 Å². The molecule has 0 atom stereocenters. The summed E-state index contributed by atoms with van der Waals surface area (Å²) >= 11 is 0. The Hall–Kier alpha value is -1.40. The van der Waals surface area contributed by atoms with Gasteiger partial charge in [0.2, 0.25) is 0 Å². The summed E-state index contributed by atoms with van der Waals surface area (Å²) in [4.78, 5) is 0. The Balaban J connectivity index is 2.08. The van der Waals surface area contributed by atoms with Gasteiger partial charge in [-0.15, -0.1) is 10.2 Å². The fourth-order valence-corrected chi connectivity index (χ4v) is 3.17. The van der Waals surface area contributed by atoms with Crippen LogP contribution in [0.1, 0.15) is 31.2 Å². The summed E-state index contributed by atoms with van der Waals surface area (Å²) in [6.45, 7) is 2.52. The minimum absolute atomic E-state index is 0.152. The number of benzene rings is 1. The summed E-state index contributed by atoms with van der Waals surface area (Å²) < 4.78 is 24.6. The van der Waals surface area contributed by atoms with E-state index >= 15 is 0 Å². The van der Waals surface area contributed by atoms with Gasteiger partial charge in [0.1, 0.15) is 5.82 Å². The maximum absolute atomic E-state index is 11.5. The van der Waals surface area contributed by atoms with Gasteiger partial charge in [0, 0.05) is 23.6 Å². The molecule has 1 heterocycles. The molecule has 0 N–H and O–H groups in total. The summed E-state index contributed by atoms with van der Waals surface area (Å²) in [6, 6.07) is 10.1. The van der Waals surface area contributed by atoms with Crippen molar-refractivity contribution in [2.45, 2.75) is 44.3 Å². The van der Waals surface area contributed by atoms with E-state index in [0.717, 1.165) is 19.3 Å². The lowest BCUT2D eigenvalue weighted by molar-refractivity contribution is 0.552. The van der Waals surface area contributed by atoms with Crippen LogP contribution in [0.4, 0.5) is 0 Å². The molecule has 0 spiro atoms. The number of halogens is 1. The standard InChI is InChI=1S/C14H18ClN3O2S/c1-2-11-18-13(16-17-14(18)21(15,19)20)10-6-9-12-7-4-3-5-8-12/h3-5,7-8H,2,6,9-11H2,1H3. The Bertz CT molecular complexity index is 683. The molecule has 0 unspecified atom stereocenters. The van der Waals surface area contributed by atoms with Gasteiger partial charge in [-0.2, -0.15) is 0 Å². The molecule has 1 aromatic carbocycles. The van der Waals surface area contributed by atoms with E-state index in [1.54, 1.807) is 4.57 Å². The molecule has 0 bridgehead atoms. The Morgan fingerprint density at radius 3 is 2.48 bits per heavy atom. The fraction of sp³-hybridized carbons (Fsp3) is 0.429. The number of aromatic nitrogens is 3. The number of rotatable bonds is 7. The molecule has 0 aliphatic heterocycles. The highest BCUT2D eigenvalue weighted by atomic mass is 35.7. The van der Waals surface area contributed by atoms with Gasteiger partial charge in [-0.25, -0.2) is 8.42 Å². The molecule has 2 aromatic rings. The zero-order chi connectivity index (χ0) is 15.3. The predicted molar refractivity (Wildman–Crippen MR) is 81.8 cm³/mol. The highest BCUT2D eigenvalue weighted by Gasteiger charge is 2.21. The van der Waals surface area contributed by atoms with E-state index in [2.05, 4.69) is 22.3 Å². The van der Waals surface area contributed by atoms with E-state index in [9.17, 15) is 8.42 Å². The highest BCUT2D eigenvalue weighted by Crippen LogP contribution is 2.16. The monoisotopic (exact) mass is 327 g/mol. The van der Waals surface area contributed by atoms with Crippen molar-refractivity contribution in [2.24, 2.45) is 0 Å². The lowest BCUT2D eigenvalue weighted by atomic mass is 10.1. The van der Waals surface area contributed by atoms with E-state index < -0.39 is 9.05 Å². The van der Waals surface area contributed by atoms with Crippen LogP contribution in [0.25, 0.3) is 0 Å². The minimum Gasteiger partial charge on any atom is -0.301 e. The Morgan fingerprint density at radius 2 is 1.86 bits per heavy atom. The third kappa shape index (κ3) is 4.28. The minimum atomic E-state index is -3.85. The van der Waals surface area contributed by atoms with E-state index in [1.807, 2.05) is 25.1 Å². The first-order chi connectivity index (χ1) is 10.0. The van der Waals surface area contributed by atoms with Crippen molar-refractivity contribution in [1.82, 2.24) is 14.8 Å². The Morgan fingerprint density at radius 1 is 1.14 bits per heavy atom. The molecule has 0 aliphatic carbocycles. The second-order valence-electron chi connectivity index (χ2n) is 4.83. The smallest absolute Gasteiger partial charge is 0.296 e. The molecule has 0 saturated carbocycles. The van der Waals surface area contributed by atoms with Crippen molar-refractivity contribution < 1.29 is 8.42 Å². The van der Waals surface area contributed by atoms with Gasteiger partial charge in [0.25, 0.3) is 14.2 Å². The van der Waals surface area contributed by atoms with Crippen LogP contribution in [-0.4, -0.2) is 23.2 Å². The molecular weight excluding hydrogens is 310 g/mol. The van der Waals surface area contributed by atoms with Crippen molar-refractivity contribution >= 4 is 19.7 Å². The maximum atomic E-state index is 11.5. The molecule has 5 nitrogen and oxygen atoms in total. The second-order valence-corrected chi connectivity index (χ2v) is 7.29. The van der Waals surface area contributed by atoms with Crippen molar-refractivity contribution in [3.8, 4) is 0 Å². The molecular formula is C14H18ClN3O2S. The third-order valence-electron chi connectivity index (χ3n) is 3.17. The van der Waals surface area contributed by atoms with Crippen molar-refractivity contribution in [2.75, 3.05) is 0 Å². The zero-order valence-corrected chi connectivity index (χ0v) is 13.4. The maximum Gasteiger partial charge on any atom is 0.296 e. The van der Waals surface area contributed by atoms with Gasteiger partial charge >= 0.3 is 0 Å². The molecule has 21 heavy (non-hydrogen) atoms. The summed E-state index contributed by atoms with van der Waals surface area (Å²) in [5, 5.41) is 7.55. The molecule has 0 fully saturated rings. The van der Waals surface area contributed by atoms with Crippen LogP contribution >= 0.6 is 10.7 Å². The van der Waals surface area contributed by atoms with E-state index in [4.69, 9.17) is 10.7 Å². The molecule has 0 radical (unpaired) electrons. The molecule has 7 heteroatoms. The van der Waals surface area contributed by atoms with Crippen LogP contribution in [0.15, 0.2) is 35.5 Å². The molecule has 0 saturated heterocycles. The van der Waals surface area contributed by atoms with Crippen LogP contribution in [-0.2, 0) is 28.4 Å². The Kier molecular flexibility index (Phi) is 5.36. The third-order valence-corrected chi connectivity index (χ3v) is 4.32. The molecule has 2 rings (SSSR count). The number of hydrogen-bond donors (Lipinski definition) is 0. The zero-order valence-electron chi connectivity index (χ0n) is 11.9. The molecule has 0 amide bonds. The van der Waals surface area contributed by atoms with Gasteiger partial charge in [0.05, 0.1) is 0 Å². The first-order valence-corrected chi connectivity index (χ1v) is 9.24. The number of nitrogens with zero attached hydrogens (tertiary/aromatic N) is 3. The number of aryl methyl sites for hydroxylation is 2. The largest absolute Gasteiger partial charge is 0.301 e. The van der Waals surface area contributed by atoms with Gasteiger partial charge in [0.15, 0.2) is 0 Å². The van der Waals surface area contributed by atoms with Gasteiger partial charge < -0.3 is 4.57 Å². The van der Waals surface area contributed by atoms with Crippen LogP contribution in [0, 0.1) is 0 Å². The van der Waals surface area contributed by atoms with E-state index in [0.29, 0.717) is 18.8 Å². The van der Waals surface area contributed by atoms with Gasteiger partial charge in [-0.05, 0) is 24.8 Å². The van der Waals surface area contributed by atoms with Crippen molar-refractivity contribution in [3.63, 3.8) is 0 Å². The molecule has 1 aromatic heterocycles. The van der Waals surface area contributed by atoms with E-state index in [-0.39, 0.29) is 5.16 Å². The van der Waals surface area contributed by atoms with Crippen LogP contribution in [0.3, 0.4) is 0 Å². The second kappa shape index (κ2) is 7.04. The number of hydrogen-bond acceptors (Lipinski definition) is 4.